The summed E-state index contributed by atoms with van der Waals surface area (Å²) in [6.07, 6.45) is -11.3. The highest BCUT2D eigenvalue weighted by Crippen LogP contribution is 2.05. The van der Waals surface area contributed by atoms with Crippen LogP contribution in [-0.2, 0) is 4.74 Å². The SMILES string of the molecule is CNC[C@H](O)[C@@H](O)[C@H](O)[C@H](O)CO.CNC[C@H](O)[C@@H](O)[C@H](O)[C@H](O)CO.COCCN(C)CO. The van der Waals surface area contributed by atoms with Crippen LogP contribution in [0.1, 0.15) is 0 Å². The average Bonchev–Trinajstić information content (AvgIpc) is 2.85. The highest BCUT2D eigenvalue weighted by atomic mass is 16.5. The molecule has 0 saturated heterocycles. The van der Waals surface area contributed by atoms with Gasteiger partial charge >= 0.3 is 0 Å². The second kappa shape index (κ2) is 24.1. The monoisotopic (exact) mass is 509 g/mol. The van der Waals surface area contributed by atoms with Gasteiger partial charge in [-0.15, -0.1) is 0 Å². The largest absolute Gasteiger partial charge is 0.394 e. The summed E-state index contributed by atoms with van der Waals surface area (Å²) in [5, 5.41) is 103. The van der Waals surface area contributed by atoms with Gasteiger partial charge in [-0.05, 0) is 21.1 Å². The number of hydrogen-bond donors (Lipinski definition) is 13. The van der Waals surface area contributed by atoms with Crippen molar-refractivity contribution in [1.82, 2.24) is 15.5 Å². The summed E-state index contributed by atoms with van der Waals surface area (Å²) >= 11 is 0. The summed E-state index contributed by atoms with van der Waals surface area (Å²) in [6, 6.07) is 0. The molecule has 0 aliphatic rings. The van der Waals surface area contributed by atoms with Crippen LogP contribution >= 0.6 is 0 Å². The summed E-state index contributed by atoms with van der Waals surface area (Å²) < 4.78 is 4.76. The molecule has 0 aromatic heterocycles. The van der Waals surface area contributed by atoms with E-state index in [9.17, 15) is 10.2 Å². The van der Waals surface area contributed by atoms with Gasteiger partial charge < -0.3 is 71.5 Å². The minimum absolute atomic E-state index is 0.0936. The lowest BCUT2D eigenvalue weighted by molar-refractivity contribution is -0.113. The highest BCUT2D eigenvalue weighted by Gasteiger charge is 2.30. The molecule has 34 heavy (non-hydrogen) atoms. The Hall–Kier alpha value is -0.600. The number of nitrogens with one attached hydrogen (secondary N) is 2. The standard InChI is InChI=1S/2C7H17NO5.C5H13NO2/c2*1-8-2-4(10)6(12)7(13)5(11)3-9;1-6(5-7)3-4-8-2/h2*4-13H,2-3H2,1H3;7H,3-5H2,1-2H3/t2*4-,5+,6+,7+;/m00./s1. The molecule has 0 aliphatic heterocycles. The lowest BCUT2D eigenvalue weighted by Crippen LogP contribution is -2.48. The summed E-state index contributed by atoms with van der Waals surface area (Å²) in [7, 11) is 6.62. The quantitative estimate of drug-likeness (QED) is 0.0862. The van der Waals surface area contributed by atoms with Gasteiger partial charge in [0.05, 0.1) is 38.8 Å². The maximum Gasteiger partial charge on any atom is 0.111 e. The van der Waals surface area contributed by atoms with Crippen LogP contribution in [0.5, 0.6) is 0 Å². The number of methoxy groups -OCH3 is 1. The van der Waals surface area contributed by atoms with Crippen molar-refractivity contribution in [3.05, 3.63) is 0 Å². The number of ether oxygens (including phenoxy) is 1. The second-order valence-corrected chi connectivity index (χ2v) is 7.43. The molecule has 0 unspecified atom stereocenters. The van der Waals surface area contributed by atoms with Gasteiger partial charge in [0.25, 0.3) is 0 Å². The van der Waals surface area contributed by atoms with Gasteiger partial charge in [-0.25, -0.2) is 0 Å². The van der Waals surface area contributed by atoms with Crippen LogP contribution in [0.4, 0.5) is 0 Å². The number of rotatable bonds is 16. The van der Waals surface area contributed by atoms with Crippen LogP contribution in [-0.4, -0.2) is 184 Å². The molecule has 13 N–H and O–H groups in total. The first-order chi connectivity index (χ1) is 15.9. The summed E-state index contributed by atoms with van der Waals surface area (Å²) in [6.45, 7) is 0.426. The molecule has 15 nitrogen and oxygen atoms in total. The summed E-state index contributed by atoms with van der Waals surface area (Å²) in [5.41, 5.74) is 0. The summed E-state index contributed by atoms with van der Waals surface area (Å²) in [4.78, 5) is 1.77. The molecule has 0 rings (SSSR count). The van der Waals surface area contributed by atoms with Crippen LogP contribution < -0.4 is 10.6 Å². The van der Waals surface area contributed by atoms with Gasteiger partial charge in [0, 0.05) is 26.7 Å². The zero-order valence-electron chi connectivity index (χ0n) is 20.3. The number of likely N-dealkylation sites (N-methyl/N-ethyl adjacent to an activating group) is 3. The second-order valence-electron chi connectivity index (χ2n) is 7.43. The van der Waals surface area contributed by atoms with Crippen LogP contribution in [0.2, 0.25) is 0 Å². The maximum atomic E-state index is 9.21. The van der Waals surface area contributed by atoms with E-state index >= 15 is 0 Å². The zero-order chi connectivity index (χ0) is 27.3. The van der Waals surface area contributed by atoms with Crippen LogP contribution in [0.25, 0.3) is 0 Å². The molecule has 8 atom stereocenters. The van der Waals surface area contributed by atoms with Crippen LogP contribution in [0.15, 0.2) is 0 Å². The normalized spacial score (nSPS) is 18.4. The zero-order valence-corrected chi connectivity index (χ0v) is 20.3. The Morgan fingerprint density at radius 1 is 0.647 bits per heavy atom. The fourth-order valence-corrected chi connectivity index (χ4v) is 2.10. The van der Waals surface area contributed by atoms with Crippen molar-refractivity contribution >= 4 is 0 Å². The third kappa shape index (κ3) is 18.7. The van der Waals surface area contributed by atoms with E-state index in [4.69, 9.17) is 50.7 Å². The van der Waals surface area contributed by atoms with E-state index in [1.807, 2.05) is 7.05 Å². The molecule has 0 bridgehead atoms. The van der Waals surface area contributed by atoms with Crippen molar-refractivity contribution < 1.29 is 60.9 Å². The molecule has 0 aromatic carbocycles. The number of hydrogen-bond acceptors (Lipinski definition) is 15. The van der Waals surface area contributed by atoms with Crippen LogP contribution in [0.3, 0.4) is 0 Å². The fraction of sp³-hybridized carbons (Fsp3) is 1.00. The van der Waals surface area contributed by atoms with Gasteiger partial charge in [-0.2, -0.15) is 0 Å². The van der Waals surface area contributed by atoms with E-state index in [-0.39, 0.29) is 19.8 Å². The average molecular weight is 510 g/mol. The number of nitrogens with zero attached hydrogens (tertiary/aromatic N) is 1. The lowest BCUT2D eigenvalue weighted by Gasteiger charge is -2.25. The fourth-order valence-electron chi connectivity index (χ4n) is 2.10. The molecule has 0 amide bonds. The van der Waals surface area contributed by atoms with E-state index in [1.165, 1.54) is 0 Å². The topological polar surface area (TPSA) is 259 Å². The number of aliphatic hydroxyl groups is 11. The van der Waals surface area contributed by atoms with Crippen molar-refractivity contribution in [3.8, 4) is 0 Å². The highest BCUT2D eigenvalue weighted by molar-refractivity contribution is 4.82. The van der Waals surface area contributed by atoms with E-state index in [1.54, 1.807) is 26.1 Å². The Balaban J connectivity index is -0.000000438. The van der Waals surface area contributed by atoms with Crippen molar-refractivity contribution in [2.75, 3.05) is 74.4 Å². The third-order valence-electron chi connectivity index (χ3n) is 4.40. The molecular weight excluding hydrogens is 462 g/mol. The van der Waals surface area contributed by atoms with Gasteiger partial charge in [-0.3, -0.25) is 4.90 Å². The molecule has 210 valence electrons. The predicted molar refractivity (Wildman–Crippen MR) is 122 cm³/mol. The van der Waals surface area contributed by atoms with Crippen molar-refractivity contribution in [3.63, 3.8) is 0 Å². The van der Waals surface area contributed by atoms with E-state index < -0.39 is 62.0 Å². The Bertz CT molecular complexity index is 400. The molecule has 0 aromatic rings. The molecule has 15 heteroatoms. The minimum atomic E-state index is -1.55. The maximum absolute atomic E-state index is 9.21. The van der Waals surface area contributed by atoms with Gasteiger partial charge in [0.2, 0.25) is 0 Å². The Morgan fingerprint density at radius 3 is 1.21 bits per heavy atom. The first kappa shape index (κ1) is 37.9. The van der Waals surface area contributed by atoms with Crippen molar-refractivity contribution in [2.45, 2.75) is 48.8 Å². The van der Waals surface area contributed by atoms with Crippen LogP contribution in [0, 0.1) is 0 Å². The molecule has 0 heterocycles. The molecule has 0 spiro atoms. The summed E-state index contributed by atoms with van der Waals surface area (Å²) in [5.74, 6) is 0. The van der Waals surface area contributed by atoms with Crippen molar-refractivity contribution in [1.29, 1.82) is 0 Å². The van der Waals surface area contributed by atoms with E-state index in [0.29, 0.717) is 6.61 Å². The first-order valence-corrected chi connectivity index (χ1v) is 10.6. The minimum Gasteiger partial charge on any atom is -0.394 e. The van der Waals surface area contributed by atoms with Gasteiger partial charge in [0.1, 0.15) is 36.6 Å². The molecule has 0 fully saturated rings. The predicted octanol–water partition coefficient (Wildman–Crippen LogP) is -7.20. The van der Waals surface area contributed by atoms with E-state index in [2.05, 4.69) is 10.6 Å². The molecule has 0 saturated carbocycles. The molecular formula is C19H47N3O12. The smallest absolute Gasteiger partial charge is 0.111 e. The molecule has 0 radical (unpaired) electrons. The Morgan fingerprint density at radius 2 is 0.971 bits per heavy atom. The number of aliphatic hydroxyl groups excluding tert-OH is 11. The lowest BCUT2D eigenvalue weighted by atomic mass is 10.0. The van der Waals surface area contributed by atoms with Gasteiger partial charge in [-0.1, -0.05) is 0 Å². The Labute approximate surface area is 200 Å². The van der Waals surface area contributed by atoms with E-state index in [0.717, 1.165) is 6.54 Å². The van der Waals surface area contributed by atoms with Crippen molar-refractivity contribution in [2.24, 2.45) is 0 Å². The third-order valence-corrected chi connectivity index (χ3v) is 4.40. The molecule has 0 aliphatic carbocycles. The van der Waals surface area contributed by atoms with Gasteiger partial charge in [0.15, 0.2) is 0 Å². The Kier molecular flexibility index (Phi) is 26.9. The first-order valence-electron chi connectivity index (χ1n) is 10.6.